The third-order valence-electron chi connectivity index (χ3n) is 3.29. The van der Waals surface area contributed by atoms with Crippen molar-refractivity contribution in [2.45, 2.75) is 52.6 Å². The maximum Gasteiger partial charge on any atom is 0.110 e. The summed E-state index contributed by atoms with van der Waals surface area (Å²) in [6, 6.07) is 0.262. The van der Waals surface area contributed by atoms with Crippen LogP contribution in [0.3, 0.4) is 0 Å². The van der Waals surface area contributed by atoms with Crippen molar-refractivity contribution >= 4 is 11.3 Å². The Morgan fingerprint density at radius 1 is 1.35 bits per heavy atom. The first-order valence-electron chi connectivity index (χ1n) is 7.40. The molecular formula is C15H24N4S. The monoisotopic (exact) mass is 292 g/mol. The van der Waals surface area contributed by atoms with Crippen molar-refractivity contribution in [3.63, 3.8) is 0 Å². The topological polar surface area (TPSA) is 42.7 Å². The molecule has 2 aromatic heterocycles. The van der Waals surface area contributed by atoms with Crippen LogP contribution < -0.4 is 5.32 Å². The van der Waals surface area contributed by atoms with Crippen LogP contribution in [0.25, 0.3) is 0 Å². The lowest BCUT2D eigenvalue weighted by Crippen LogP contribution is -2.25. The van der Waals surface area contributed by atoms with Gasteiger partial charge in [-0.1, -0.05) is 13.8 Å². The lowest BCUT2D eigenvalue weighted by Gasteiger charge is -2.17. The van der Waals surface area contributed by atoms with Gasteiger partial charge in [0.1, 0.15) is 5.82 Å². The highest BCUT2D eigenvalue weighted by molar-refractivity contribution is 7.09. The average Bonchev–Trinajstić information content (AvgIpc) is 3.04. The second-order valence-corrected chi connectivity index (χ2v) is 6.10. The minimum atomic E-state index is 0.262. The van der Waals surface area contributed by atoms with E-state index in [1.807, 2.05) is 6.20 Å². The number of aryl methyl sites for hydroxylation is 2. The second-order valence-electron chi connectivity index (χ2n) is 5.04. The van der Waals surface area contributed by atoms with Crippen LogP contribution in [0, 0.1) is 6.92 Å². The first-order valence-corrected chi connectivity index (χ1v) is 8.28. The van der Waals surface area contributed by atoms with E-state index in [0.717, 1.165) is 48.9 Å². The number of thiazole rings is 1. The smallest absolute Gasteiger partial charge is 0.110 e. The standard InChI is InChI=1S/C15H24N4S/c1-4-6-16-13(14-11-20-12(3)18-14)10-15-17-7-9-19(15)8-5-2/h7,9,11,13,16H,4-6,8,10H2,1-3H3. The third kappa shape index (κ3) is 3.90. The second kappa shape index (κ2) is 7.55. The highest BCUT2D eigenvalue weighted by atomic mass is 32.1. The first kappa shape index (κ1) is 15.2. The van der Waals surface area contributed by atoms with Gasteiger partial charge in [-0.05, 0) is 26.3 Å². The predicted molar refractivity (Wildman–Crippen MR) is 84.1 cm³/mol. The summed E-state index contributed by atoms with van der Waals surface area (Å²) in [4.78, 5) is 9.15. The number of imidazole rings is 1. The van der Waals surface area contributed by atoms with Gasteiger partial charge in [0, 0.05) is 30.7 Å². The Kier molecular flexibility index (Phi) is 5.73. The van der Waals surface area contributed by atoms with Gasteiger partial charge in [-0.25, -0.2) is 9.97 Å². The summed E-state index contributed by atoms with van der Waals surface area (Å²) < 4.78 is 2.25. The lowest BCUT2D eigenvalue weighted by molar-refractivity contribution is 0.494. The molecule has 20 heavy (non-hydrogen) atoms. The molecule has 0 saturated carbocycles. The van der Waals surface area contributed by atoms with Crippen molar-refractivity contribution in [3.05, 3.63) is 34.3 Å². The predicted octanol–water partition coefficient (Wildman–Crippen LogP) is 3.34. The van der Waals surface area contributed by atoms with E-state index in [4.69, 9.17) is 0 Å². The van der Waals surface area contributed by atoms with Crippen LogP contribution in [0.15, 0.2) is 17.8 Å². The van der Waals surface area contributed by atoms with Crippen LogP contribution in [0.2, 0.25) is 0 Å². The van der Waals surface area contributed by atoms with Gasteiger partial charge in [0.15, 0.2) is 0 Å². The molecule has 0 fully saturated rings. The average molecular weight is 292 g/mol. The van der Waals surface area contributed by atoms with Crippen molar-refractivity contribution in [1.29, 1.82) is 0 Å². The summed E-state index contributed by atoms with van der Waals surface area (Å²) in [6.45, 7) is 8.49. The zero-order chi connectivity index (χ0) is 14.4. The van der Waals surface area contributed by atoms with E-state index in [1.165, 1.54) is 0 Å². The molecule has 1 atom stereocenters. The zero-order valence-electron chi connectivity index (χ0n) is 12.6. The Bertz CT molecular complexity index is 517. The van der Waals surface area contributed by atoms with Gasteiger partial charge in [-0.2, -0.15) is 0 Å². The van der Waals surface area contributed by atoms with Crippen molar-refractivity contribution < 1.29 is 0 Å². The molecule has 0 aliphatic rings. The fraction of sp³-hybridized carbons (Fsp3) is 0.600. The van der Waals surface area contributed by atoms with Crippen molar-refractivity contribution in [3.8, 4) is 0 Å². The van der Waals surface area contributed by atoms with Crippen LogP contribution >= 0.6 is 11.3 Å². The first-order chi connectivity index (χ1) is 9.74. The molecule has 0 saturated heterocycles. The Hall–Kier alpha value is -1.20. The van der Waals surface area contributed by atoms with E-state index < -0.39 is 0 Å². The summed E-state index contributed by atoms with van der Waals surface area (Å²) in [5.41, 5.74) is 1.15. The summed E-state index contributed by atoms with van der Waals surface area (Å²) in [7, 11) is 0. The third-order valence-corrected chi connectivity index (χ3v) is 4.08. The molecule has 0 aliphatic heterocycles. The molecule has 0 bridgehead atoms. The van der Waals surface area contributed by atoms with Crippen LogP contribution in [-0.2, 0) is 13.0 Å². The molecule has 0 aliphatic carbocycles. The van der Waals surface area contributed by atoms with Gasteiger partial charge in [-0.15, -0.1) is 11.3 Å². The molecular weight excluding hydrogens is 268 g/mol. The Morgan fingerprint density at radius 2 is 2.20 bits per heavy atom. The highest BCUT2D eigenvalue weighted by Gasteiger charge is 2.17. The highest BCUT2D eigenvalue weighted by Crippen LogP contribution is 2.20. The van der Waals surface area contributed by atoms with Crippen LogP contribution in [0.1, 0.15) is 49.3 Å². The molecule has 0 amide bonds. The molecule has 2 heterocycles. The normalized spacial score (nSPS) is 12.8. The van der Waals surface area contributed by atoms with Gasteiger partial charge >= 0.3 is 0 Å². The molecule has 110 valence electrons. The van der Waals surface area contributed by atoms with Crippen LogP contribution in [-0.4, -0.2) is 21.1 Å². The van der Waals surface area contributed by atoms with E-state index >= 15 is 0 Å². The van der Waals surface area contributed by atoms with Gasteiger partial charge < -0.3 is 9.88 Å². The fourth-order valence-corrected chi connectivity index (χ4v) is 2.96. The molecule has 0 radical (unpaired) electrons. The number of aromatic nitrogens is 3. The van der Waals surface area contributed by atoms with Crippen molar-refractivity contribution in [2.24, 2.45) is 0 Å². The van der Waals surface area contributed by atoms with Crippen LogP contribution in [0.4, 0.5) is 0 Å². The van der Waals surface area contributed by atoms with Crippen molar-refractivity contribution in [2.75, 3.05) is 6.54 Å². The lowest BCUT2D eigenvalue weighted by atomic mass is 10.1. The summed E-state index contributed by atoms with van der Waals surface area (Å²) in [5, 5.41) is 6.89. The molecule has 2 aromatic rings. The van der Waals surface area contributed by atoms with Gasteiger partial charge in [0.2, 0.25) is 0 Å². The van der Waals surface area contributed by atoms with E-state index in [9.17, 15) is 0 Å². The molecule has 5 heteroatoms. The minimum absolute atomic E-state index is 0.262. The van der Waals surface area contributed by atoms with Gasteiger partial charge in [0.25, 0.3) is 0 Å². The van der Waals surface area contributed by atoms with Crippen LogP contribution in [0.5, 0.6) is 0 Å². The summed E-state index contributed by atoms with van der Waals surface area (Å²) >= 11 is 1.71. The Labute approximate surface area is 125 Å². The molecule has 1 unspecified atom stereocenters. The maximum absolute atomic E-state index is 4.64. The van der Waals surface area contributed by atoms with Crippen molar-refractivity contribution in [1.82, 2.24) is 19.9 Å². The zero-order valence-corrected chi connectivity index (χ0v) is 13.4. The number of nitrogens with one attached hydrogen (secondary N) is 1. The molecule has 1 N–H and O–H groups in total. The molecule has 4 nitrogen and oxygen atoms in total. The SMILES string of the molecule is CCCNC(Cc1nccn1CCC)c1csc(C)n1. The van der Waals surface area contributed by atoms with E-state index in [1.54, 1.807) is 11.3 Å². The number of hydrogen-bond acceptors (Lipinski definition) is 4. The summed E-state index contributed by atoms with van der Waals surface area (Å²) in [6.07, 6.45) is 7.13. The fourth-order valence-electron chi connectivity index (χ4n) is 2.30. The van der Waals surface area contributed by atoms with E-state index in [2.05, 4.69) is 52.2 Å². The largest absolute Gasteiger partial charge is 0.335 e. The number of hydrogen-bond donors (Lipinski definition) is 1. The number of nitrogens with zero attached hydrogens (tertiary/aromatic N) is 3. The molecule has 0 spiro atoms. The Morgan fingerprint density at radius 3 is 2.85 bits per heavy atom. The van der Waals surface area contributed by atoms with E-state index in [-0.39, 0.29) is 6.04 Å². The molecule has 0 aromatic carbocycles. The number of rotatable bonds is 8. The Balaban J connectivity index is 2.12. The quantitative estimate of drug-likeness (QED) is 0.811. The van der Waals surface area contributed by atoms with Gasteiger partial charge in [0.05, 0.1) is 16.7 Å². The molecule has 2 rings (SSSR count). The van der Waals surface area contributed by atoms with Gasteiger partial charge in [-0.3, -0.25) is 0 Å². The summed E-state index contributed by atoms with van der Waals surface area (Å²) in [5.74, 6) is 1.14. The minimum Gasteiger partial charge on any atom is -0.335 e. The van der Waals surface area contributed by atoms with E-state index in [0.29, 0.717) is 0 Å². The maximum atomic E-state index is 4.64.